The third-order valence-electron chi connectivity index (χ3n) is 6.61. The maximum absolute atomic E-state index is 13.0. The number of aromatic nitrogens is 2. The van der Waals surface area contributed by atoms with Crippen molar-refractivity contribution in [3.05, 3.63) is 66.0 Å². The van der Waals surface area contributed by atoms with Crippen molar-refractivity contribution >= 4 is 22.8 Å². The molecule has 2 fully saturated rings. The fourth-order valence-corrected chi connectivity index (χ4v) is 4.81. The van der Waals surface area contributed by atoms with Gasteiger partial charge in [0.15, 0.2) is 0 Å². The van der Waals surface area contributed by atoms with Crippen molar-refractivity contribution in [2.45, 2.75) is 31.8 Å². The zero-order valence-corrected chi connectivity index (χ0v) is 18.3. The van der Waals surface area contributed by atoms with E-state index >= 15 is 0 Å². The third-order valence-corrected chi connectivity index (χ3v) is 6.61. The Morgan fingerprint density at radius 2 is 1.81 bits per heavy atom. The number of imidazole rings is 1. The Labute approximate surface area is 187 Å². The second-order valence-electron chi connectivity index (χ2n) is 8.57. The van der Waals surface area contributed by atoms with Gasteiger partial charge in [-0.1, -0.05) is 42.5 Å². The molecule has 2 aromatic carbocycles. The summed E-state index contributed by atoms with van der Waals surface area (Å²) in [6, 6.07) is 18.0. The van der Waals surface area contributed by atoms with E-state index in [1.54, 1.807) is 0 Å². The zero-order valence-electron chi connectivity index (χ0n) is 18.3. The van der Waals surface area contributed by atoms with Gasteiger partial charge in [0.25, 0.3) is 0 Å². The van der Waals surface area contributed by atoms with Crippen LogP contribution < -0.4 is 0 Å². The lowest BCUT2D eigenvalue weighted by molar-refractivity contribution is -0.135. The predicted octanol–water partition coefficient (Wildman–Crippen LogP) is 2.97. The minimum absolute atomic E-state index is 0.00140. The summed E-state index contributed by atoms with van der Waals surface area (Å²) in [5.41, 5.74) is 2.92. The summed E-state index contributed by atoms with van der Waals surface area (Å²) in [5, 5.41) is 0. The summed E-state index contributed by atoms with van der Waals surface area (Å²) in [6.07, 6.45) is 0.409. The van der Waals surface area contributed by atoms with Gasteiger partial charge in [0.05, 0.1) is 30.3 Å². The average molecular weight is 433 g/mol. The number of nitrogens with zero attached hydrogens (tertiary/aromatic N) is 4. The van der Waals surface area contributed by atoms with Gasteiger partial charge in [0, 0.05) is 32.0 Å². The van der Waals surface area contributed by atoms with Crippen LogP contribution >= 0.6 is 0 Å². The number of benzene rings is 2. The molecule has 0 saturated carbocycles. The van der Waals surface area contributed by atoms with Crippen LogP contribution in [-0.2, 0) is 20.9 Å². The van der Waals surface area contributed by atoms with Crippen molar-refractivity contribution in [1.82, 2.24) is 19.4 Å². The second-order valence-corrected chi connectivity index (χ2v) is 8.57. The molecule has 0 radical (unpaired) electrons. The van der Waals surface area contributed by atoms with Crippen molar-refractivity contribution in [2.75, 3.05) is 32.8 Å². The number of rotatable bonds is 5. The Kier molecular flexibility index (Phi) is 5.66. The largest absolute Gasteiger partial charge is 0.378 e. The molecule has 2 atom stereocenters. The number of hydrogen-bond donors (Lipinski definition) is 0. The first-order valence-electron chi connectivity index (χ1n) is 11.3. The van der Waals surface area contributed by atoms with Crippen LogP contribution in [0.1, 0.15) is 36.7 Å². The molecule has 3 heterocycles. The average Bonchev–Trinajstić information content (AvgIpc) is 3.40. The van der Waals surface area contributed by atoms with E-state index in [2.05, 4.69) is 19.1 Å². The topological polar surface area (TPSA) is 67.7 Å². The first-order chi connectivity index (χ1) is 15.6. The Bertz CT molecular complexity index is 1120. The van der Waals surface area contributed by atoms with Gasteiger partial charge < -0.3 is 19.1 Å². The number of para-hydroxylation sites is 2. The van der Waals surface area contributed by atoms with Crippen LogP contribution in [0.3, 0.4) is 0 Å². The van der Waals surface area contributed by atoms with Crippen molar-refractivity contribution in [3.63, 3.8) is 0 Å². The summed E-state index contributed by atoms with van der Waals surface area (Å²) in [6.45, 7) is 5.29. The molecule has 166 valence electrons. The number of fused-ring (bicyclic) bond motifs is 1. The monoisotopic (exact) mass is 432 g/mol. The molecule has 7 nitrogen and oxygen atoms in total. The van der Waals surface area contributed by atoms with Gasteiger partial charge >= 0.3 is 0 Å². The summed E-state index contributed by atoms with van der Waals surface area (Å²) in [5.74, 6) is 0.975. The fraction of sp³-hybridized carbons (Fsp3) is 0.400. The van der Waals surface area contributed by atoms with Crippen LogP contribution in [0.4, 0.5) is 0 Å². The van der Waals surface area contributed by atoms with Crippen molar-refractivity contribution < 1.29 is 14.3 Å². The van der Waals surface area contributed by atoms with Crippen LogP contribution in [0.2, 0.25) is 0 Å². The summed E-state index contributed by atoms with van der Waals surface area (Å²) in [7, 11) is 0. The van der Waals surface area contributed by atoms with Crippen molar-refractivity contribution in [3.8, 4) is 0 Å². The quantitative estimate of drug-likeness (QED) is 0.622. The first kappa shape index (κ1) is 20.7. The molecule has 2 unspecified atom stereocenters. The lowest BCUT2D eigenvalue weighted by Crippen LogP contribution is -2.42. The highest BCUT2D eigenvalue weighted by atomic mass is 16.5. The molecule has 0 aliphatic carbocycles. The molecule has 0 bridgehead atoms. The van der Waals surface area contributed by atoms with Gasteiger partial charge in [-0.05, 0) is 24.6 Å². The molecule has 3 aromatic rings. The standard InChI is InChI=1S/C25H28N4O3/c1-18(19-7-3-2-4-8-19)28-16-20(15-23(28)30)25-26-21-9-5-6-10-22(21)29(25)17-24(31)27-11-13-32-14-12-27/h2-10,18,20H,11-17H2,1H3. The minimum atomic E-state index is -0.0430. The minimum Gasteiger partial charge on any atom is -0.378 e. The van der Waals surface area contributed by atoms with Crippen LogP contribution in [0.15, 0.2) is 54.6 Å². The lowest BCUT2D eigenvalue weighted by Gasteiger charge is -2.27. The van der Waals surface area contributed by atoms with Gasteiger partial charge in [-0.2, -0.15) is 0 Å². The van der Waals surface area contributed by atoms with E-state index in [0.29, 0.717) is 39.3 Å². The number of carbonyl (C=O) groups excluding carboxylic acids is 2. The molecular weight excluding hydrogens is 404 g/mol. The molecule has 7 heteroatoms. The van der Waals surface area contributed by atoms with Crippen LogP contribution in [-0.4, -0.2) is 64.0 Å². The van der Waals surface area contributed by atoms with E-state index in [4.69, 9.17) is 9.72 Å². The van der Waals surface area contributed by atoms with Crippen molar-refractivity contribution in [1.29, 1.82) is 0 Å². The molecule has 1 aromatic heterocycles. The Hall–Kier alpha value is -3.19. The number of likely N-dealkylation sites (tertiary alicyclic amines) is 1. The van der Waals surface area contributed by atoms with Gasteiger partial charge in [0.1, 0.15) is 12.4 Å². The number of hydrogen-bond acceptors (Lipinski definition) is 4. The molecular formula is C25H28N4O3. The van der Waals surface area contributed by atoms with Gasteiger partial charge in [-0.15, -0.1) is 0 Å². The van der Waals surface area contributed by atoms with Gasteiger partial charge in [0.2, 0.25) is 11.8 Å². The number of amides is 2. The van der Waals surface area contributed by atoms with Crippen molar-refractivity contribution in [2.24, 2.45) is 0 Å². The first-order valence-corrected chi connectivity index (χ1v) is 11.3. The highest BCUT2D eigenvalue weighted by molar-refractivity contribution is 5.83. The number of morpholine rings is 1. The van der Waals surface area contributed by atoms with Crippen LogP contribution in [0.5, 0.6) is 0 Å². The molecule has 5 rings (SSSR count). The Morgan fingerprint density at radius 1 is 1.09 bits per heavy atom. The Balaban J connectivity index is 1.43. The maximum Gasteiger partial charge on any atom is 0.242 e. The molecule has 2 saturated heterocycles. The zero-order chi connectivity index (χ0) is 22.1. The SMILES string of the molecule is CC(c1ccccc1)N1CC(c2nc3ccccc3n2CC(=O)N2CCOCC2)CC1=O. The second kappa shape index (κ2) is 8.74. The van der Waals surface area contributed by atoms with E-state index in [1.807, 2.05) is 56.8 Å². The molecule has 0 spiro atoms. The molecule has 32 heavy (non-hydrogen) atoms. The molecule has 2 amide bonds. The smallest absolute Gasteiger partial charge is 0.242 e. The van der Waals surface area contributed by atoms with E-state index in [9.17, 15) is 9.59 Å². The highest BCUT2D eigenvalue weighted by Gasteiger charge is 2.37. The summed E-state index contributed by atoms with van der Waals surface area (Å²) in [4.78, 5) is 34.7. The number of carbonyl (C=O) groups is 2. The van der Waals surface area contributed by atoms with Gasteiger partial charge in [-0.3, -0.25) is 9.59 Å². The summed E-state index contributed by atoms with van der Waals surface area (Å²) >= 11 is 0. The lowest BCUT2D eigenvalue weighted by atomic mass is 10.1. The highest BCUT2D eigenvalue weighted by Crippen LogP contribution is 2.35. The number of ether oxygens (including phenoxy) is 1. The van der Waals surface area contributed by atoms with Crippen LogP contribution in [0.25, 0.3) is 11.0 Å². The van der Waals surface area contributed by atoms with Gasteiger partial charge in [-0.25, -0.2) is 4.98 Å². The van der Waals surface area contributed by atoms with Crippen LogP contribution in [0, 0.1) is 0 Å². The Morgan fingerprint density at radius 3 is 2.59 bits per heavy atom. The van der Waals surface area contributed by atoms with E-state index < -0.39 is 0 Å². The van der Waals surface area contributed by atoms with E-state index in [-0.39, 0.29) is 30.3 Å². The fourth-order valence-electron chi connectivity index (χ4n) is 4.81. The summed E-state index contributed by atoms with van der Waals surface area (Å²) < 4.78 is 7.40. The third kappa shape index (κ3) is 3.88. The molecule has 0 N–H and O–H groups in total. The molecule has 2 aliphatic heterocycles. The van der Waals surface area contributed by atoms with E-state index in [1.165, 1.54) is 0 Å². The maximum atomic E-state index is 13.0. The normalized spacial score (nSPS) is 20.2. The van der Waals surface area contributed by atoms with E-state index in [0.717, 1.165) is 22.4 Å². The molecule has 2 aliphatic rings. The predicted molar refractivity (Wildman–Crippen MR) is 121 cm³/mol.